The molecular weight excluding hydrogens is 296 g/mol. The fourth-order valence-electron chi connectivity index (χ4n) is 2.33. The number of nitrogens with one attached hydrogen (secondary N) is 1. The summed E-state index contributed by atoms with van der Waals surface area (Å²) in [5, 5.41) is 7.20. The number of carbonyl (C=O) groups excluding carboxylic acids is 1. The van der Waals surface area contributed by atoms with Crippen LogP contribution in [0.25, 0.3) is 11.0 Å². The number of nitrogens with zero attached hydrogens (tertiary/aromatic N) is 5. The van der Waals surface area contributed by atoms with Crippen molar-refractivity contribution in [3.8, 4) is 0 Å². The molecule has 3 heterocycles. The number of fused-ring (bicyclic) bond motifs is 1. The fraction of sp³-hybridized carbons (Fsp3) is 0.267. The van der Waals surface area contributed by atoms with Gasteiger partial charge in [0, 0.05) is 13.2 Å². The highest BCUT2D eigenvalue weighted by molar-refractivity contribution is 5.77. The third-order valence-electron chi connectivity index (χ3n) is 3.54. The van der Waals surface area contributed by atoms with Crippen molar-refractivity contribution in [1.29, 1.82) is 0 Å². The zero-order valence-electron chi connectivity index (χ0n) is 12.8. The number of aryl methyl sites for hydroxylation is 1. The molecule has 1 unspecified atom stereocenters. The summed E-state index contributed by atoms with van der Waals surface area (Å²) in [4.78, 5) is 32.8. The van der Waals surface area contributed by atoms with Gasteiger partial charge < -0.3 is 5.32 Å². The normalized spacial score (nSPS) is 12.3. The summed E-state index contributed by atoms with van der Waals surface area (Å²) in [5.74, 6) is -0.282. The van der Waals surface area contributed by atoms with Gasteiger partial charge in [0.05, 0.1) is 17.9 Å². The Bertz CT molecular complexity index is 899. The monoisotopic (exact) mass is 312 g/mol. The molecule has 1 N–H and O–H groups in total. The van der Waals surface area contributed by atoms with Gasteiger partial charge in [-0.1, -0.05) is 6.07 Å². The van der Waals surface area contributed by atoms with Crippen LogP contribution in [0.2, 0.25) is 0 Å². The summed E-state index contributed by atoms with van der Waals surface area (Å²) in [5.41, 5.74) is 0.964. The van der Waals surface area contributed by atoms with Gasteiger partial charge >= 0.3 is 0 Å². The van der Waals surface area contributed by atoms with E-state index in [1.165, 1.54) is 21.8 Å². The number of amides is 1. The molecule has 8 nitrogen and oxygen atoms in total. The van der Waals surface area contributed by atoms with Crippen molar-refractivity contribution in [2.45, 2.75) is 19.5 Å². The molecule has 0 aromatic carbocycles. The Hall–Kier alpha value is -3.03. The van der Waals surface area contributed by atoms with E-state index in [1.807, 2.05) is 25.1 Å². The highest BCUT2D eigenvalue weighted by atomic mass is 16.2. The van der Waals surface area contributed by atoms with Crippen LogP contribution in [0.1, 0.15) is 18.7 Å². The third-order valence-corrected chi connectivity index (χ3v) is 3.54. The lowest BCUT2D eigenvalue weighted by Crippen LogP contribution is -2.34. The molecule has 0 radical (unpaired) electrons. The second-order valence-electron chi connectivity index (χ2n) is 5.23. The Morgan fingerprint density at radius 2 is 2.17 bits per heavy atom. The van der Waals surface area contributed by atoms with Gasteiger partial charge in [0.15, 0.2) is 5.65 Å². The summed E-state index contributed by atoms with van der Waals surface area (Å²) in [6, 6.07) is 5.26. The van der Waals surface area contributed by atoms with E-state index < -0.39 is 0 Å². The topological polar surface area (TPSA) is 94.7 Å². The predicted molar refractivity (Wildman–Crippen MR) is 83.6 cm³/mol. The SMILES string of the molecule is CC(NC(=O)Cn1cnc2c(cnn2C)c1=O)c1ccccn1. The summed E-state index contributed by atoms with van der Waals surface area (Å²) in [6.45, 7) is 1.74. The molecule has 3 aromatic heterocycles. The predicted octanol–water partition coefficient (Wildman–Crippen LogP) is 0.402. The van der Waals surface area contributed by atoms with Crippen LogP contribution in [0.3, 0.4) is 0 Å². The van der Waals surface area contributed by atoms with Crippen LogP contribution in [0, 0.1) is 0 Å². The molecule has 0 saturated carbocycles. The minimum absolute atomic E-state index is 0.103. The van der Waals surface area contributed by atoms with E-state index in [0.29, 0.717) is 11.0 Å². The summed E-state index contributed by atoms with van der Waals surface area (Å²) < 4.78 is 2.79. The number of hydrogen-bond donors (Lipinski definition) is 1. The highest BCUT2D eigenvalue weighted by Gasteiger charge is 2.13. The molecule has 0 aliphatic rings. The van der Waals surface area contributed by atoms with Crippen LogP contribution >= 0.6 is 0 Å². The van der Waals surface area contributed by atoms with Gasteiger partial charge in [-0.25, -0.2) is 4.98 Å². The van der Waals surface area contributed by atoms with Gasteiger partial charge in [0.25, 0.3) is 5.56 Å². The van der Waals surface area contributed by atoms with E-state index in [1.54, 1.807) is 13.2 Å². The van der Waals surface area contributed by atoms with Crippen molar-refractivity contribution >= 4 is 16.9 Å². The van der Waals surface area contributed by atoms with Crippen molar-refractivity contribution in [2.24, 2.45) is 7.05 Å². The molecule has 0 bridgehead atoms. The molecular formula is C15H16N6O2. The summed E-state index contributed by atoms with van der Waals surface area (Å²) >= 11 is 0. The van der Waals surface area contributed by atoms with Crippen molar-refractivity contribution in [1.82, 2.24) is 29.6 Å². The Balaban J connectivity index is 1.75. The van der Waals surface area contributed by atoms with Crippen LogP contribution in [-0.4, -0.2) is 30.2 Å². The number of pyridine rings is 1. The summed E-state index contributed by atoms with van der Waals surface area (Å²) in [6.07, 6.45) is 4.48. The number of hydrogen-bond acceptors (Lipinski definition) is 5. The van der Waals surface area contributed by atoms with Crippen molar-refractivity contribution < 1.29 is 4.79 Å². The first-order valence-electron chi connectivity index (χ1n) is 7.13. The zero-order chi connectivity index (χ0) is 16.4. The van der Waals surface area contributed by atoms with E-state index >= 15 is 0 Å². The van der Waals surface area contributed by atoms with Gasteiger partial charge in [0.1, 0.15) is 18.3 Å². The largest absolute Gasteiger partial charge is 0.346 e. The molecule has 0 aliphatic carbocycles. The van der Waals surface area contributed by atoms with E-state index in [0.717, 1.165) is 5.69 Å². The molecule has 0 fully saturated rings. The van der Waals surface area contributed by atoms with Gasteiger partial charge in [-0.2, -0.15) is 5.10 Å². The first-order chi connectivity index (χ1) is 11.1. The van der Waals surface area contributed by atoms with Crippen LogP contribution in [-0.2, 0) is 18.4 Å². The highest BCUT2D eigenvalue weighted by Crippen LogP contribution is 2.08. The molecule has 23 heavy (non-hydrogen) atoms. The molecule has 8 heteroatoms. The minimum Gasteiger partial charge on any atom is -0.346 e. The van der Waals surface area contributed by atoms with E-state index in [2.05, 4.69) is 20.4 Å². The third kappa shape index (κ3) is 2.96. The zero-order valence-corrected chi connectivity index (χ0v) is 12.8. The average molecular weight is 312 g/mol. The Labute approximate surface area is 131 Å². The van der Waals surface area contributed by atoms with Gasteiger partial charge in [-0.3, -0.25) is 23.8 Å². The Morgan fingerprint density at radius 3 is 2.91 bits per heavy atom. The lowest BCUT2D eigenvalue weighted by Gasteiger charge is -2.13. The minimum atomic E-state index is -0.288. The van der Waals surface area contributed by atoms with E-state index in [-0.39, 0.29) is 24.1 Å². The Kier molecular flexibility index (Phi) is 3.88. The molecule has 1 atom stereocenters. The first-order valence-corrected chi connectivity index (χ1v) is 7.13. The first kappa shape index (κ1) is 14.9. The molecule has 1 amide bonds. The van der Waals surface area contributed by atoms with E-state index in [9.17, 15) is 9.59 Å². The maximum atomic E-state index is 12.3. The van der Waals surface area contributed by atoms with Gasteiger partial charge in [-0.15, -0.1) is 0 Å². The molecule has 0 saturated heterocycles. The van der Waals surface area contributed by atoms with Gasteiger partial charge in [0.2, 0.25) is 5.91 Å². The van der Waals surface area contributed by atoms with Gasteiger partial charge in [-0.05, 0) is 19.1 Å². The second kappa shape index (κ2) is 5.99. The van der Waals surface area contributed by atoms with E-state index in [4.69, 9.17) is 0 Å². The number of carbonyl (C=O) groups is 1. The number of rotatable bonds is 4. The number of aromatic nitrogens is 5. The average Bonchev–Trinajstić information content (AvgIpc) is 2.93. The van der Waals surface area contributed by atoms with Crippen molar-refractivity contribution in [2.75, 3.05) is 0 Å². The standard InChI is InChI=1S/C15H16N6O2/c1-10(12-5-3-4-6-16-12)19-13(22)8-21-9-17-14-11(15(21)23)7-18-20(14)2/h3-7,9-10H,8H2,1-2H3,(H,19,22). The molecule has 0 spiro atoms. The second-order valence-corrected chi connectivity index (χ2v) is 5.23. The molecule has 0 aliphatic heterocycles. The van der Waals surface area contributed by atoms with Crippen LogP contribution < -0.4 is 10.9 Å². The van der Waals surface area contributed by atoms with Crippen molar-refractivity contribution in [3.05, 3.63) is 53.0 Å². The van der Waals surface area contributed by atoms with Crippen molar-refractivity contribution in [3.63, 3.8) is 0 Å². The van der Waals surface area contributed by atoms with Crippen LogP contribution in [0.15, 0.2) is 41.7 Å². The molecule has 3 rings (SSSR count). The summed E-state index contributed by atoms with van der Waals surface area (Å²) in [7, 11) is 1.71. The lowest BCUT2D eigenvalue weighted by molar-refractivity contribution is -0.122. The molecule has 3 aromatic rings. The lowest BCUT2D eigenvalue weighted by atomic mass is 10.2. The maximum Gasteiger partial charge on any atom is 0.264 e. The Morgan fingerprint density at radius 1 is 1.35 bits per heavy atom. The molecule has 118 valence electrons. The van der Waals surface area contributed by atoms with Crippen LogP contribution in [0.5, 0.6) is 0 Å². The maximum absolute atomic E-state index is 12.3. The quantitative estimate of drug-likeness (QED) is 0.752. The fourth-order valence-corrected chi connectivity index (χ4v) is 2.33. The smallest absolute Gasteiger partial charge is 0.264 e. The van der Waals surface area contributed by atoms with Crippen LogP contribution in [0.4, 0.5) is 0 Å².